The molecule has 208 valence electrons. The molecule has 2 N–H and O–H groups in total. The molecule has 41 heavy (non-hydrogen) atoms. The highest BCUT2D eigenvalue weighted by molar-refractivity contribution is 6.34. The maximum absolute atomic E-state index is 13.4. The molecule has 0 aliphatic carbocycles. The number of amides is 2. The number of aromatic nitrogens is 1. The van der Waals surface area contributed by atoms with Crippen LogP contribution < -0.4 is 25.8 Å². The highest BCUT2D eigenvalue weighted by atomic mass is 35.5. The van der Waals surface area contributed by atoms with E-state index < -0.39 is 0 Å². The minimum Gasteiger partial charge on any atom is -0.495 e. The van der Waals surface area contributed by atoms with Gasteiger partial charge in [-0.05, 0) is 60.9 Å². The third-order valence-electron chi connectivity index (χ3n) is 7.80. The summed E-state index contributed by atoms with van der Waals surface area (Å²) in [5.74, 6) is 0.300. The number of piperidine rings is 1. The van der Waals surface area contributed by atoms with E-state index in [-0.39, 0.29) is 29.2 Å². The second kappa shape index (κ2) is 11.1. The second-order valence-corrected chi connectivity index (χ2v) is 10.8. The third-order valence-corrected chi connectivity index (χ3v) is 8.13. The monoisotopic (exact) mass is 568 g/mol. The molecular formula is C32H29ClN4O4. The minimum atomic E-state index is -0.367. The molecule has 2 aliphatic rings. The topological polar surface area (TPSA) is 92.7 Å². The van der Waals surface area contributed by atoms with Crippen LogP contribution in [0, 0.1) is 5.92 Å². The van der Waals surface area contributed by atoms with Crippen LogP contribution in [0.2, 0.25) is 5.02 Å². The quantitative estimate of drug-likeness (QED) is 0.314. The van der Waals surface area contributed by atoms with Gasteiger partial charge < -0.3 is 24.8 Å². The third kappa shape index (κ3) is 5.30. The van der Waals surface area contributed by atoms with E-state index in [2.05, 4.69) is 15.5 Å². The van der Waals surface area contributed by atoms with Crippen molar-refractivity contribution in [2.45, 2.75) is 18.9 Å². The number of halogens is 1. The number of methoxy groups -OCH3 is 1. The number of hydrogen-bond acceptors (Lipinski definition) is 5. The van der Waals surface area contributed by atoms with Crippen molar-refractivity contribution in [3.63, 3.8) is 0 Å². The summed E-state index contributed by atoms with van der Waals surface area (Å²) in [5.41, 5.74) is 3.64. The predicted octanol–water partition coefficient (Wildman–Crippen LogP) is 5.64. The largest absolute Gasteiger partial charge is 0.495 e. The lowest BCUT2D eigenvalue weighted by Gasteiger charge is -2.44. The molecule has 9 heteroatoms. The first-order valence-electron chi connectivity index (χ1n) is 13.5. The Hall–Kier alpha value is -4.56. The van der Waals surface area contributed by atoms with E-state index in [4.69, 9.17) is 16.3 Å². The summed E-state index contributed by atoms with van der Waals surface area (Å²) < 4.78 is 7.26. The molecule has 1 aromatic heterocycles. The van der Waals surface area contributed by atoms with E-state index >= 15 is 0 Å². The van der Waals surface area contributed by atoms with Crippen LogP contribution in [0.5, 0.6) is 5.75 Å². The molecule has 1 saturated heterocycles. The van der Waals surface area contributed by atoms with Gasteiger partial charge in [-0.1, -0.05) is 41.9 Å². The molecule has 0 radical (unpaired) electrons. The van der Waals surface area contributed by atoms with Crippen LogP contribution in [0.1, 0.15) is 38.7 Å². The van der Waals surface area contributed by atoms with Gasteiger partial charge in [-0.25, -0.2) is 0 Å². The SMILES string of the molecule is COc1ccccc1NC(=O)c1ccc(N2C[C@H]3C[C@@H](C2)c2cccc(=O)n2C3)c(NC(=O)c2ccccc2Cl)c1. The fraction of sp³-hybridized carbons (Fsp3) is 0.219. The summed E-state index contributed by atoms with van der Waals surface area (Å²) in [6, 6.07) is 24.8. The minimum absolute atomic E-state index is 0.0313. The number of carbonyl (C=O) groups is 2. The Balaban J connectivity index is 1.34. The summed E-state index contributed by atoms with van der Waals surface area (Å²) in [5, 5.41) is 6.26. The number of nitrogens with one attached hydrogen (secondary N) is 2. The number of pyridine rings is 1. The van der Waals surface area contributed by atoms with Crippen LogP contribution in [-0.2, 0) is 6.54 Å². The molecule has 0 spiro atoms. The zero-order valence-corrected chi connectivity index (χ0v) is 23.2. The Bertz CT molecular complexity index is 1700. The number of rotatable bonds is 6. The van der Waals surface area contributed by atoms with Gasteiger partial charge in [0.25, 0.3) is 17.4 Å². The molecule has 4 aromatic rings. The van der Waals surface area contributed by atoms with Crippen LogP contribution in [0.15, 0.2) is 89.7 Å². The lowest BCUT2D eigenvalue weighted by Crippen LogP contribution is -2.47. The number of anilines is 3. The summed E-state index contributed by atoms with van der Waals surface area (Å²) in [6.07, 6.45) is 1.00. The number of hydrogen-bond donors (Lipinski definition) is 2. The Kier molecular flexibility index (Phi) is 7.24. The second-order valence-electron chi connectivity index (χ2n) is 10.4. The van der Waals surface area contributed by atoms with Crippen LogP contribution in [0.3, 0.4) is 0 Å². The molecule has 2 aliphatic heterocycles. The van der Waals surface area contributed by atoms with Gasteiger partial charge in [-0.3, -0.25) is 14.4 Å². The van der Waals surface area contributed by atoms with Gasteiger partial charge >= 0.3 is 0 Å². The van der Waals surface area contributed by atoms with E-state index in [0.717, 1.165) is 24.3 Å². The molecule has 3 aromatic carbocycles. The van der Waals surface area contributed by atoms with E-state index in [1.807, 2.05) is 34.9 Å². The van der Waals surface area contributed by atoms with Crippen LogP contribution in [0.25, 0.3) is 0 Å². The standard InChI is InChI=1S/C32H29ClN4O4/c1-41-29-11-5-4-9-25(29)34-31(39)21-13-14-28(26(16-21)35-32(40)23-7-2-3-8-24(23)33)36-17-20-15-22(19-36)27-10-6-12-30(38)37(27)18-20/h2-14,16,20,22H,15,17-19H2,1H3,(H,34,39)(H,35,40)/t20-,22+/m1/s1. The zero-order valence-electron chi connectivity index (χ0n) is 22.5. The molecule has 6 rings (SSSR count). The molecule has 2 bridgehead atoms. The lowest BCUT2D eigenvalue weighted by molar-refractivity contribution is 0.101. The van der Waals surface area contributed by atoms with Crippen molar-refractivity contribution in [3.05, 3.63) is 117 Å². The molecule has 0 saturated carbocycles. The van der Waals surface area contributed by atoms with Crippen LogP contribution >= 0.6 is 11.6 Å². The van der Waals surface area contributed by atoms with E-state index in [1.165, 1.54) is 0 Å². The van der Waals surface area contributed by atoms with E-state index in [0.29, 0.717) is 46.4 Å². The van der Waals surface area contributed by atoms with Crippen molar-refractivity contribution in [3.8, 4) is 5.75 Å². The maximum atomic E-state index is 13.4. The summed E-state index contributed by atoms with van der Waals surface area (Å²) in [4.78, 5) is 41.4. The van der Waals surface area contributed by atoms with Crippen molar-refractivity contribution >= 4 is 40.5 Å². The van der Waals surface area contributed by atoms with Crippen molar-refractivity contribution in [2.24, 2.45) is 5.92 Å². The van der Waals surface area contributed by atoms with Crippen molar-refractivity contribution in [1.82, 2.24) is 4.57 Å². The Morgan fingerprint density at radius 1 is 0.854 bits per heavy atom. The number of benzene rings is 3. The first-order valence-corrected chi connectivity index (χ1v) is 13.9. The Labute approximate surface area is 242 Å². The smallest absolute Gasteiger partial charge is 0.257 e. The molecule has 2 amide bonds. The van der Waals surface area contributed by atoms with Gasteiger partial charge in [0.2, 0.25) is 0 Å². The summed E-state index contributed by atoms with van der Waals surface area (Å²) in [6.45, 7) is 2.06. The average molecular weight is 569 g/mol. The van der Waals surface area contributed by atoms with Gasteiger partial charge in [0.05, 0.1) is 34.8 Å². The lowest BCUT2D eigenvalue weighted by atomic mass is 9.83. The van der Waals surface area contributed by atoms with Gasteiger partial charge in [-0.15, -0.1) is 0 Å². The normalized spacial score (nSPS) is 17.4. The number of ether oxygens (including phenoxy) is 1. The molecule has 0 unspecified atom stereocenters. The van der Waals surface area contributed by atoms with Crippen molar-refractivity contribution in [2.75, 3.05) is 35.7 Å². The summed E-state index contributed by atoms with van der Waals surface area (Å²) >= 11 is 6.32. The first kappa shape index (κ1) is 26.7. The van der Waals surface area contributed by atoms with Gasteiger partial charge in [0, 0.05) is 42.9 Å². The Morgan fingerprint density at radius 3 is 2.46 bits per heavy atom. The molecule has 2 atom stereocenters. The van der Waals surface area contributed by atoms with Gasteiger partial charge in [0.1, 0.15) is 5.75 Å². The first-order chi connectivity index (χ1) is 19.9. The van der Waals surface area contributed by atoms with Crippen molar-refractivity contribution in [1.29, 1.82) is 0 Å². The summed E-state index contributed by atoms with van der Waals surface area (Å²) in [7, 11) is 1.55. The average Bonchev–Trinajstić information content (AvgIpc) is 2.98. The van der Waals surface area contributed by atoms with Gasteiger partial charge in [-0.2, -0.15) is 0 Å². The highest BCUT2D eigenvalue weighted by Crippen LogP contribution is 2.39. The fourth-order valence-corrected chi connectivity index (χ4v) is 6.15. The number of fused-ring (bicyclic) bond motifs is 4. The number of carbonyl (C=O) groups excluding carboxylic acids is 2. The molecular weight excluding hydrogens is 540 g/mol. The van der Waals surface area contributed by atoms with Crippen LogP contribution in [0.4, 0.5) is 17.1 Å². The van der Waals surface area contributed by atoms with Gasteiger partial charge in [0.15, 0.2) is 0 Å². The number of nitrogens with zero attached hydrogens (tertiary/aromatic N) is 2. The van der Waals surface area contributed by atoms with E-state index in [9.17, 15) is 14.4 Å². The molecule has 3 heterocycles. The molecule has 1 fully saturated rings. The fourth-order valence-electron chi connectivity index (χ4n) is 5.92. The zero-order chi connectivity index (χ0) is 28.5. The van der Waals surface area contributed by atoms with Crippen molar-refractivity contribution < 1.29 is 14.3 Å². The van der Waals surface area contributed by atoms with Crippen LogP contribution in [-0.4, -0.2) is 36.6 Å². The maximum Gasteiger partial charge on any atom is 0.257 e. The number of para-hydroxylation sites is 2. The molecule has 8 nitrogen and oxygen atoms in total. The Morgan fingerprint density at radius 2 is 1.63 bits per heavy atom. The predicted molar refractivity (Wildman–Crippen MR) is 161 cm³/mol. The van der Waals surface area contributed by atoms with E-state index in [1.54, 1.807) is 61.7 Å². The highest BCUT2D eigenvalue weighted by Gasteiger charge is 2.35.